The van der Waals surface area contributed by atoms with Gasteiger partial charge in [0.2, 0.25) is 0 Å². The number of hydrogen-bond acceptors (Lipinski definition) is 6. The van der Waals surface area contributed by atoms with Gasteiger partial charge in [0.1, 0.15) is 17.0 Å². The molecule has 6 rings (SSSR count). The van der Waals surface area contributed by atoms with E-state index in [4.69, 9.17) is 20.8 Å². The molecule has 1 aliphatic heterocycles. The number of methoxy groups -OCH3 is 1. The molecular weight excluding hydrogens is 530 g/mol. The highest BCUT2D eigenvalue weighted by atomic mass is 35.5. The van der Waals surface area contributed by atoms with Crippen molar-refractivity contribution in [3.05, 3.63) is 88.9 Å². The summed E-state index contributed by atoms with van der Waals surface area (Å²) in [7, 11) is 1.61. The highest BCUT2D eigenvalue weighted by Crippen LogP contribution is 2.45. The molecule has 1 amide bonds. The zero-order chi connectivity index (χ0) is 28.0. The van der Waals surface area contributed by atoms with Crippen molar-refractivity contribution in [1.29, 1.82) is 0 Å². The smallest absolute Gasteiger partial charge is 0.274 e. The van der Waals surface area contributed by atoms with Crippen LogP contribution >= 0.6 is 11.6 Å². The Bertz CT molecular complexity index is 1800. The topological polar surface area (TPSA) is 109 Å². The number of rotatable bonds is 7. The van der Waals surface area contributed by atoms with E-state index in [0.29, 0.717) is 40.8 Å². The lowest BCUT2D eigenvalue weighted by atomic mass is 10.0. The number of phenolic OH excluding ortho intramolecular Hbond substituents is 1. The Morgan fingerprint density at radius 2 is 2.00 bits per heavy atom. The minimum atomic E-state index is -0.246. The van der Waals surface area contributed by atoms with Gasteiger partial charge in [-0.05, 0) is 47.5 Å². The van der Waals surface area contributed by atoms with Crippen LogP contribution in [-0.2, 0) is 11.2 Å². The van der Waals surface area contributed by atoms with Crippen LogP contribution in [0.1, 0.15) is 39.0 Å². The Kier molecular flexibility index (Phi) is 6.56. The number of benzene rings is 3. The number of amides is 1. The molecule has 3 aromatic carbocycles. The zero-order valence-electron chi connectivity index (χ0n) is 21.9. The molecule has 1 unspecified atom stereocenters. The van der Waals surface area contributed by atoms with Crippen molar-refractivity contribution >= 4 is 57.1 Å². The average molecular weight is 556 g/mol. The van der Waals surface area contributed by atoms with Crippen LogP contribution in [0.2, 0.25) is 0 Å². The number of aryl methyl sites for hydroxylation is 1. The van der Waals surface area contributed by atoms with Gasteiger partial charge in [-0.2, -0.15) is 0 Å². The number of fused-ring (bicyclic) bond motifs is 4. The van der Waals surface area contributed by atoms with E-state index in [1.807, 2.05) is 42.5 Å². The molecule has 202 valence electrons. The second-order valence-corrected chi connectivity index (χ2v) is 10.2. The third-order valence-corrected chi connectivity index (χ3v) is 7.55. The lowest BCUT2D eigenvalue weighted by Crippen LogP contribution is -2.30. The number of oxazole rings is 1. The van der Waals surface area contributed by atoms with E-state index < -0.39 is 0 Å². The molecule has 1 atom stereocenters. The number of hydrogen-bond donors (Lipinski definition) is 2. The number of alkyl halides is 1. The quantitative estimate of drug-likeness (QED) is 0.184. The van der Waals surface area contributed by atoms with Gasteiger partial charge in [0.05, 0.1) is 12.8 Å². The Labute approximate surface area is 234 Å². The van der Waals surface area contributed by atoms with Gasteiger partial charge >= 0.3 is 0 Å². The second-order valence-electron chi connectivity index (χ2n) is 9.86. The number of H-pyrrole nitrogens is 1. The standard InChI is InChI=1S/C31H26ClN3O5/c1-17-33-29-28-21(15-32)16-35(26(28)14-27(37)30(29)40-17)31(38)25-13-20-11-19(6-10-24(20)34-25)12-22(36)7-3-18-4-8-23(39-2)9-5-18/h3-11,13-14,21,34,37H,12,15-16H2,1-2H3/b7-3+. The first-order valence-corrected chi connectivity index (χ1v) is 13.4. The molecule has 0 radical (unpaired) electrons. The minimum Gasteiger partial charge on any atom is -0.504 e. The molecule has 40 heavy (non-hydrogen) atoms. The fourth-order valence-electron chi connectivity index (χ4n) is 5.25. The number of carbonyl (C=O) groups excluding carboxylic acids is 2. The van der Waals surface area contributed by atoms with Crippen molar-refractivity contribution in [2.45, 2.75) is 19.3 Å². The summed E-state index contributed by atoms with van der Waals surface area (Å²) in [6.45, 7) is 2.07. The highest BCUT2D eigenvalue weighted by Gasteiger charge is 2.37. The molecule has 0 fully saturated rings. The summed E-state index contributed by atoms with van der Waals surface area (Å²) in [5.41, 5.74) is 5.13. The fraction of sp³-hybridized carbons (Fsp3) is 0.194. The van der Waals surface area contributed by atoms with Crippen LogP contribution in [0.15, 0.2) is 65.1 Å². The van der Waals surface area contributed by atoms with E-state index in [2.05, 4.69) is 9.97 Å². The third-order valence-electron chi connectivity index (χ3n) is 7.18. The molecule has 3 heterocycles. The van der Waals surface area contributed by atoms with Gasteiger partial charge in [-0.3, -0.25) is 9.59 Å². The summed E-state index contributed by atoms with van der Waals surface area (Å²) in [5, 5.41) is 11.4. The van der Waals surface area contributed by atoms with Gasteiger partial charge in [0.25, 0.3) is 5.91 Å². The monoisotopic (exact) mass is 555 g/mol. The molecule has 9 heteroatoms. The van der Waals surface area contributed by atoms with Gasteiger partial charge in [0.15, 0.2) is 23.0 Å². The van der Waals surface area contributed by atoms with Gasteiger partial charge in [-0.15, -0.1) is 11.6 Å². The van der Waals surface area contributed by atoms with Gasteiger partial charge in [0, 0.05) is 54.2 Å². The first-order valence-electron chi connectivity index (χ1n) is 12.8. The summed E-state index contributed by atoms with van der Waals surface area (Å²) < 4.78 is 10.7. The van der Waals surface area contributed by atoms with Crippen molar-refractivity contribution in [3.8, 4) is 11.5 Å². The maximum atomic E-state index is 13.7. The van der Waals surface area contributed by atoms with Crippen LogP contribution in [0.4, 0.5) is 5.69 Å². The highest BCUT2D eigenvalue weighted by molar-refractivity contribution is 6.19. The third kappa shape index (κ3) is 4.60. The number of carbonyl (C=O) groups is 2. The molecule has 2 N–H and O–H groups in total. The molecule has 5 aromatic rings. The fourth-order valence-corrected chi connectivity index (χ4v) is 5.50. The van der Waals surface area contributed by atoms with E-state index in [1.165, 1.54) is 0 Å². The van der Waals surface area contributed by atoms with E-state index in [1.54, 1.807) is 43.2 Å². The number of aromatic amines is 1. The molecular formula is C31H26ClN3O5. The predicted octanol–water partition coefficient (Wildman–Crippen LogP) is 6.14. The van der Waals surface area contributed by atoms with Crippen molar-refractivity contribution in [1.82, 2.24) is 9.97 Å². The van der Waals surface area contributed by atoms with Crippen molar-refractivity contribution in [2.75, 3.05) is 24.4 Å². The van der Waals surface area contributed by atoms with Crippen LogP contribution in [0, 0.1) is 6.92 Å². The summed E-state index contributed by atoms with van der Waals surface area (Å²) in [6.07, 6.45) is 3.58. The van der Waals surface area contributed by atoms with E-state index in [-0.39, 0.29) is 29.8 Å². The molecule has 0 saturated carbocycles. The summed E-state index contributed by atoms with van der Waals surface area (Å²) in [5.74, 6) is 0.975. The SMILES string of the molecule is COc1ccc(/C=C/C(=O)Cc2ccc3[nH]c(C(=O)N4CC(CCl)c5c4cc(O)c4oc(C)nc54)cc3c2)cc1. The van der Waals surface area contributed by atoms with E-state index in [0.717, 1.165) is 33.3 Å². The molecule has 0 aliphatic carbocycles. The number of ether oxygens (including phenoxy) is 1. The lowest BCUT2D eigenvalue weighted by molar-refractivity contribution is -0.113. The van der Waals surface area contributed by atoms with Crippen LogP contribution in [0.3, 0.4) is 0 Å². The first-order chi connectivity index (χ1) is 19.3. The van der Waals surface area contributed by atoms with E-state index >= 15 is 0 Å². The van der Waals surface area contributed by atoms with Crippen LogP contribution in [0.5, 0.6) is 11.5 Å². The van der Waals surface area contributed by atoms with Crippen LogP contribution in [0.25, 0.3) is 28.1 Å². The number of nitrogens with one attached hydrogen (secondary N) is 1. The maximum absolute atomic E-state index is 13.7. The average Bonchev–Trinajstić information content (AvgIpc) is 3.66. The Hall–Kier alpha value is -4.56. The number of ketones is 1. The van der Waals surface area contributed by atoms with Crippen LogP contribution in [-0.4, -0.2) is 46.3 Å². The summed E-state index contributed by atoms with van der Waals surface area (Å²) >= 11 is 6.29. The number of nitrogens with zero attached hydrogens (tertiary/aromatic N) is 2. The van der Waals surface area contributed by atoms with E-state index in [9.17, 15) is 14.7 Å². The largest absolute Gasteiger partial charge is 0.504 e. The second kappa shape index (κ2) is 10.2. The van der Waals surface area contributed by atoms with Crippen molar-refractivity contribution < 1.29 is 23.8 Å². The summed E-state index contributed by atoms with van der Waals surface area (Å²) in [4.78, 5) is 35.5. The van der Waals surface area contributed by atoms with Crippen LogP contribution < -0.4 is 9.64 Å². The number of halogens is 1. The molecule has 2 aromatic heterocycles. The molecule has 8 nitrogen and oxygen atoms in total. The maximum Gasteiger partial charge on any atom is 0.274 e. The number of aromatic hydroxyl groups is 1. The number of anilines is 1. The Morgan fingerprint density at radius 3 is 2.75 bits per heavy atom. The molecule has 0 bridgehead atoms. The molecule has 0 saturated heterocycles. The van der Waals surface area contributed by atoms with Crippen molar-refractivity contribution in [3.63, 3.8) is 0 Å². The minimum absolute atomic E-state index is 0.0305. The zero-order valence-corrected chi connectivity index (χ0v) is 22.7. The summed E-state index contributed by atoms with van der Waals surface area (Å²) in [6, 6.07) is 16.4. The van der Waals surface area contributed by atoms with Crippen molar-refractivity contribution in [2.24, 2.45) is 0 Å². The molecule has 0 spiro atoms. The first kappa shape index (κ1) is 25.7. The Morgan fingerprint density at radius 1 is 1.20 bits per heavy atom. The van der Waals surface area contributed by atoms with Gasteiger partial charge in [-0.1, -0.05) is 24.3 Å². The number of allylic oxidation sites excluding steroid dienone is 1. The molecule has 1 aliphatic rings. The predicted molar refractivity (Wildman–Crippen MR) is 155 cm³/mol. The number of aromatic nitrogens is 2. The Balaban J connectivity index is 1.23. The normalized spacial score (nSPS) is 14.9. The van der Waals surface area contributed by atoms with Gasteiger partial charge in [-0.25, -0.2) is 4.98 Å². The number of phenols is 1. The van der Waals surface area contributed by atoms with Gasteiger partial charge < -0.3 is 24.1 Å². The lowest BCUT2D eigenvalue weighted by Gasteiger charge is -2.17.